The summed E-state index contributed by atoms with van der Waals surface area (Å²) in [5.74, 6) is 0.459. The van der Waals surface area contributed by atoms with E-state index >= 15 is 0 Å². The Morgan fingerprint density at radius 1 is 1.38 bits per heavy atom. The van der Waals surface area contributed by atoms with Crippen molar-refractivity contribution < 1.29 is 18.7 Å². The molecule has 0 bridgehead atoms. The highest BCUT2D eigenvalue weighted by atomic mass is 16.5. The summed E-state index contributed by atoms with van der Waals surface area (Å²) in [5.41, 5.74) is 5.27. The molecule has 0 spiro atoms. The minimum absolute atomic E-state index is 0.138. The van der Waals surface area contributed by atoms with Crippen molar-refractivity contribution in [3.05, 3.63) is 24.2 Å². The second-order valence-corrected chi connectivity index (χ2v) is 5.13. The van der Waals surface area contributed by atoms with Gasteiger partial charge in [0.25, 0.3) is 0 Å². The predicted molar refractivity (Wildman–Crippen MR) is 75.2 cm³/mol. The Kier molecular flexibility index (Phi) is 5.62. The van der Waals surface area contributed by atoms with Crippen molar-refractivity contribution in [2.75, 3.05) is 13.2 Å². The van der Waals surface area contributed by atoms with Gasteiger partial charge in [0.05, 0.1) is 12.8 Å². The molecule has 1 aliphatic heterocycles. The van der Waals surface area contributed by atoms with E-state index in [1.165, 1.54) is 0 Å². The number of primary amides is 1. The lowest BCUT2D eigenvalue weighted by atomic mass is 9.89. The summed E-state index contributed by atoms with van der Waals surface area (Å²) < 4.78 is 10.4. The van der Waals surface area contributed by atoms with E-state index in [2.05, 4.69) is 10.6 Å². The zero-order chi connectivity index (χ0) is 15.1. The van der Waals surface area contributed by atoms with Gasteiger partial charge in [-0.2, -0.15) is 0 Å². The molecule has 0 saturated carbocycles. The van der Waals surface area contributed by atoms with Crippen LogP contribution in [0.2, 0.25) is 0 Å². The van der Waals surface area contributed by atoms with Crippen LogP contribution in [0.25, 0.3) is 0 Å². The Labute approximate surface area is 123 Å². The lowest BCUT2D eigenvalue weighted by Crippen LogP contribution is -2.48. The van der Waals surface area contributed by atoms with Crippen LogP contribution in [0.15, 0.2) is 22.8 Å². The van der Waals surface area contributed by atoms with Crippen molar-refractivity contribution in [2.24, 2.45) is 11.7 Å². The van der Waals surface area contributed by atoms with Crippen LogP contribution < -0.4 is 16.4 Å². The number of carbonyl (C=O) groups is 2. The standard InChI is InChI=1S/C14H21N3O4/c15-13(18)8-12(10-3-6-20-7-4-10)17-14(19)16-9-11-2-1-5-21-11/h1-2,5,10,12H,3-4,6-9H2,(H2,15,18)(H2,16,17,19)/t12-/m1/s1. The first-order chi connectivity index (χ1) is 10.1. The molecule has 7 nitrogen and oxygen atoms in total. The maximum absolute atomic E-state index is 11.9. The van der Waals surface area contributed by atoms with E-state index < -0.39 is 5.91 Å². The molecule has 0 radical (unpaired) electrons. The van der Waals surface area contributed by atoms with Crippen molar-refractivity contribution in [3.8, 4) is 0 Å². The SMILES string of the molecule is NC(=O)C[C@@H](NC(=O)NCc1ccco1)C1CCOCC1. The highest BCUT2D eigenvalue weighted by Crippen LogP contribution is 2.20. The molecule has 0 unspecified atom stereocenters. The highest BCUT2D eigenvalue weighted by Gasteiger charge is 2.26. The smallest absolute Gasteiger partial charge is 0.315 e. The summed E-state index contributed by atoms with van der Waals surface area (Å²) in [7, 11) is 0. The summed E-state index contributed by atoms with van der Waals surface area (Å²) in [5, 5.41) is 5.53. The van der Waals surface area contributed by atoms with E-state index in [0.29, 0.717) is 25.5 Å². The molecule has 1 aromatic rings. The number of rotatable bonds is 6. The number of furan rings is 1. The number of nitrogens with two attached hydrogens (primary N) is 1. The summed E-state index contributed by atoms with van der Waals surface area (Å²) in [4.78, 5) is 23.1. The van der Waals surface area contributed by atoms with Crippen LogP contribution in [-0.4, -0.2) is 31.2 Å². The second kappa shape index (κ2) is 7.68. The van der Waals surface area contributed by atoms with Crippen molar-refractivity contribution in [1.29, 1.82) is 0 Å². The highest BCUT2D eigenvalue weighted by molar-refractivity contribution is 5.77. The van der Waals surface area contributed by atoms with Gasteiger partial charge >= 0.3 is 6.03 Å². The van der Waals surface area contributed by atoms with E-state index in [9.17, 15) is 9.59 Å². The van der Waals surface area contributed by atoms with Crippen LogP contribution in [0.1, 0.15) is 25.0 Å². The molecule has 116 valence electrons. The Balaban J connectivity index is 1.84. The molecular weight excluding hydrogens is 274 g/mol. The third-order valence-electron chi connectivity index (χ3n) is 3.58. The molecule has 7 heteroatoms. The van der Waals surface area contributed by atoms with E-state index in [1.54, 1.807) is 18.4 Å². The average molecular weight is 295 g/mol. The van der Waals surface area contributed by atoms with Crippen LogP contribution >= 0.6 is 0 Å². The molecule has 0 aromatic carbocycles. The lowest BCUT2D eigenvalue weighted by Gasteiger charge is -2.30. The van der Waals surface area contributed by atoms with E-state index in [1.807, 2.05) is 0 Å². The molecule has 2 rings (SSSR count). The van der Waals surface area contributed by atoms with Crippen molar-refractivity contribution in [1.82, 2.24) is 10.6 Å². The van der Waals surface area contributed by atoms with Crippen LogP contribution in [0.3, 0.4) is 0 Å². The van der Waals surface area contributed by atoms with Gasteiger partial charge in [-0.25, -0.2) is 4.79 Å². The number of hydrogen-bond donors (Lipinski definition) is 3. The minimum Gasteiger partial charge on any atom is -0.467 e. The predicted octanol–water partition coefficient (Wildman–Crippen LogP) is 0.749. The number of urea groups is 1. The summed E-state index contributed by atoms with van der Waals surface area (Å²) in [6.45, 7) is 1.60. The van der Waals surface area contributed by atoms with Crippen molar-refractivity contribution in [2.45, 2.75) is 31.8 Å². The second-order valence-electron chi connectivity index (χ2n) is 5.13. The summed E-state index contributed by atoms with van der Waals surface area (Å²) >= 11 is 0. The number of nitrogens with one attached hydrogen (secondary N) is 2. The summed E-state index contributed by atoms with van der Waals surface area (Å²) in [6, 6.07) is 2.94. The van der Waals surface area contributed by atoms with Gasteiger partial charge in [0, 0.05) is 25.7 Å². The zero-order valence-corrected chi connectivity index (χ0v) is 11.8. The molecule has 1 saturated heterocycles. The van der Waals surface area contributed by atoms with Crippen LogP contribution in [0.5, 0.6) is 0 Å². The molecule has 1 aromatic heterocycles. The number of hydrogen-bond acceptors (Lipinski definition) is 4. The summed E-state index contributed by atoms with van der Waals surface area (Å²) in [6.07, 6.45) is 3.32. The maximum atomic E-state index is 11.9. The van der Waals surface area contributed by atoms with Gasteiger partial charge in [0.1, 0.15) is 5.76 Å². The zero-order valence-electron chi connectivity index (χ0n) is 11.8. The lowest BCUT2D eigenvalue weighted by molar-refractivity contribution is -0.118. The van der Waals surface area contributed by atoms with Crippen molar-refractivity contribution in [3.63, 3.8) is 0 Å². The van der Waals surface area contributed by atoms with Crippen LogP contribution in [0.4, 0.5) is 4.79 Å². The van der Waals surface area contributed by atoms with E-state index in [0.717, 1.165) is 12.8 Å². The Morgan fingerprint density at radius 3 is 2.76 bits per heavy atom. The molecule has 1 aliphatic rings. The molecule has 3 amide bonds. The van der Waals surface area contributed by atoms with Gasteiger partial charge < -0.3 is 25.5 Å². The fraction of sp³-hybridized carbons (Fsp3) is 0.571. The monoisotopic (exact) mass is 295 g/mol. The number of carbonyl (C=O) groups excluding carboxylic acids is 2. The van der Waals surface area contributed by atoms with Gasteiger partial charge in [-0.15, -0.1) is 0 Å². The van der Waals surface area contributed by atoms with Gasteiger partial charge in [-0.05, 0) is 30.9 Å². The minimum atomic E-state index is -0.419. The molecule has 0 aliphatic carbocycles. The fourth-order valence-corrected chi connectivity index (χ4v) is 2.47. The first kappa shape index (κ1) is 15.4. The quantitative estimate of drug-likeness (QED) is 0.720. The van der Waals surface area contributed by atoms with E-state index in [4.69, 9.17) is 14.9 Å². The van der Waals surface area contributed by atoms with Gasteiger partial charge in [0.2, 0.25) is 5.91 Å². The van der Waals surface area contributed by atoms with Crippen LogP contribution in [-0.2, 0) is 16.1 Å². The third-order valence-corrected chi connectivity index (χ3v) is 3.58. The first-order valence-electron chi connectivity index (χ1n) is 7.08. The third kappa shape index (κ3) is 5.11. The Morgan fingerprint density at radius 2 is 2.14 bits per heavy atom. The van der Waals surface area contributed by atoms with Gasteiger partial charge in [-0.3, -0.25) is 4.79 Å². The Bertz CT molecular complexity index is 455. The number of ether oxygens (including phenoxy) is 1. The van der Waals surface area contributed by atoms with Gasteiger partial charge in [0.15, 0.2) is 0 Å². The van der Waals surface area contributed by atoms with E-state index in [-0.39, 0.29) is 24.4 Å². The molecule has 2 heterocycles. The molecule has 4 N–H and O–H groups in total. The maximum Gasteiger partial charge on any atom is 0.315 e. The normalized spacial score (nSPS) is 17.1. The average Bonchev–Trinajstić information content (AvgIpc) is 2.98. The van der Waals surface area contributed by atoms with Gasteiger partial charge in [-0.1, -0.05) is 0 Å². The molecule has 1 fully saturated rings. The molecule has 21 heavy (non-hydrogen) atoms. The Hall–Kier alpha value is -2.02. The topological polar surface area (TPSA) is 107 Å². The van der Waals surface area contributed by atoms with Crippen molar-refractivity contribution >= 4 is 11.9 Å². The first-order valence-corrected chi connectivity index (χ1v) is 7.08. The fourth-order valence-electron chi connectivity index (χ4n) is 2.47. The van der Waals surface area contributed by atoms with Crippen LogP contribution in [0, 0.1) is 5.92 Å². The number of amides is 3. The molecule has 1 atom stereocenters. The molecular formula is C14H21N3O4. The largest absolute Gasteiger partial charge is 0.467 e.